The van der Waals surface area contributed by atoms with E-state index in [0.29, 0.717) is 5.56 Å². The van der Waals surface area contributed by atoms with Crippen molar-refractivity contribution in [2.45, 2.75) is 25.0 Å². The van der Waals surface area contributed by atoms with Gasteiger partial charge in [0.1, 0.15) is 36.3 Å². The van der Waals surface area contributed by atoms with Crippen LogP contribution in [0.25, 0.3) is 0 Å². The summed E-state index contributed by atoms with van der Waals surface area (Å²) in [6.07, 6.45) is -3.09. The summed E-state index contributed by atoms with van der Waals surface area (Å²) in [6.45, 7) is 0.860. The number of non-ortho nitro benzene ring substituents is 1. The van der Waals surface area contributed by atoms with Crippen molar-refractivity contribution in [1.29, 1.82) is 0 Å². The number of carbonyl (C=O) groups excluding carboxylic acids is 3. The van der Waals surface area contributed by atoms with E-state index in [1.54, 1.807) is 0 Å². The Kier molecular flexibility index (Phi) is 6.53. The van der Waals surface area contributed by atoms with Crippen LogP contribution in [-0.4, -0.2) is 57.1 Å². The number of carboxylic acid groups (broad SMARTS) is 1. The minimum absolute atomic E-state index is 0.109. The molecule has 1 saturated heterocycles. The number of nitrogens with zero attached hydrogens (tertiary/aromatic N) is 2. The highest BCUT2D eigenvalue weighted by Gasteiger charge is 2.58. The lowest BCUT2D eigenvalue weighted by Crippen LogP contribution is -2.61. The fourth-order valence-electron chi connectivity index (χ4n) is 3.20. The first-order chi connectivity index (χ1) is 15.1. The molecule has 1 aromatic carbocycles. The monoisotopic (exact) mass is 467 g/mol. The molecule has 0 aromatic heterocycles. The summed E-state index contributed by atoms with van der Waals surface area (Å²) < 4.78 is 14.8. The minimum Gasteiger partial charge on any atom is -0.477 e. The lowest BCUT2D eigenvalue weighted by molar-refractivity contribution is -0.384. The number of carbonyl (C=O) groups is 4. The number of hydrogen-bond donors (Lipinski definition) is 2. The van der Waals surface area contributed by atoms with E-state index in [1.807, 2.05) is 0 Å². The number of rotatable bonds is 8. The number of amides is 2. The van der Waals surface area contributed by atoms with Gasteiger partial charge in [0.05, 0.1) is 9.83 Å². The molecule has 1 fully saturated rings. The molecule has 13 nitrogen and oxygen atoms in total. The number of hydrogen-bond acceptors (Lipinski definition) is 10. The number of fused-ring (bicyclic) bond motifs is 1. The molecular weight excluding hydrogens is 450 g/mol. The highest BCUT2D eigenvalue weighted by Crippen LogP contribution is 2.50. The van der Waals surface area contributed by atoms with Crippen molar-refractivity contribution >= 4 is 41.6 Å². The van der Waals surface area contributed by atoms with Crippen molar-refractivity contribution in [2.24, 2.45) is 11.7 Å². The second-order valence-corrected chi connectivity index (χ2v) is 7.92. The fraction of sp³-hybridized carbons (Fsp3) is 0.333. The summed E-state index contributed by atoms with van der Waals surface area (Å²) in [6, 6.07) is 5.37. The van der Waals surface area contributed by atoms with E-state index < -0.39 is 53.1 Å². The highest BCUT2D eigenvalue weighted by atomic mass is 32.2. The van der Waals surface area contributed by atoms with Crippen LogP contribution in [0.1, 0.15) is 12.5 Å². The number of β-lactam (4-membered cyclic amide) rings is 1. The number of aliphatic carboxylic acids is 1. The number of thioether (sulfide) groups is 1. The molecule has 32 heavy (non-hydrogen) atoms. The smallest absolute Gasteiger partial charge is 0.477 e. The fourth-order valence-corrected chi connectivity index (χ4v) is 4.71. The number of nitro groups is 1. The van der Waals surface area contributed by atoms with Gasteiger partial charge in [0.25, 0.3) is 5.69 Å². The van der Waals surface area contributed by atoms with Crippen molar-refractivity contribution in [3.8, 4) is 0 Å². The maximum absolute atomic E-state index is 12.5. The van der Waals surface area contributed by atoms with Crippen molar-refractivity contribution < 1.29 is 43.4 Å². The first-order valence-electron chi connectivity index (χ1n) is 9.05. The van der Waals surface area contributed by atoms with Crippen LogP contribution < -0.4 is 5.73 Å². The molecule has 0 spiro atoms. The summed E-state index contributed by atoms with van der Waals surface area (Å²) in [4.78, 5) is 58.2. The molecule has 14 heteroatoms. The summed E-state index contributed by atoms with van der Waals surface area (Å²) in [5.41, 5.74) is 4.98. The summed E-state index contributed by atoms with van der Waals surface area (Å²) >= 11 is 1.00. The summed E-state index contributed by atoms with van der Waals surface area (Å²) in [7, 11) is 0. The molecule has 1 aromatic rings. The quantitative estimate of drug-likeness (QED) is 0.244. The van der Waals surface area contributed by atoms with E-state index in [4.69, 9.17) is 15.2 Å². The Hall–Kier alpha value is -3.81. The molecule has 0 saturated carbocycles. The molecule has 2 aliphatic rings. The van der Waals surface area contributed by atoms with Gasteiger partial charge in [-0.05, 0) is 24.6 Å². The lowest BCUT2D eigenvalue weighted by atomic mass is 9.92. The third kappa shape index (κ3) is 4.59. The normalized spacial score (nSPS) is 20.2. The van der Waals surface area contributed by atoms with E-state index in [0.717, 1.165) is 16.7 Å². The predicted molar refractivity (Wildman–Crippen MR) is 106 cm³/mol. The Bertz CT molecular complexity index is 1010. The van der Waals surface area contributed by atoms with Crippen LogP contribution in [0.15, 0.2) is 34.9 Å². The summed E-state index contributed by atoms with van der Waals surface area (Å²) in [5, 5.41) is 19.4. The van der Waals surface area contributed by atoms with Gasteiger partial charge in [0, 0.05) is 12.1 Å². The molecule has 170 valence electrons. The first kappa shape index (κ1) is 22.9. The molecule has 2 aliphatic heterocycles. The van der Waals surface area contributed by atoms with Gasteiger partial charge in [-0.1, -0.05) is 11.8 Å². The molecular formula is C18H17N3O10S. The van der Waals surface area contributed by atoms with Crippen LogP contribution in [0.3, 0.4) is 0 Å². The molecule has 0 unspecified atom stereocenters. The Labute approximate surface area is 184 Å². The van der Waals surface area contributed by atoms with E-state index in [-0.39, 0.29) is 22.9 Å². The largest absolute Gasteiger partial charge is 0.508 e. The van der Waals surface area contributed by atoms with Crippen LogP contribution in [0, 0.1) is 16.0 Å². The van der Waals surface area contributed by atoms with Gasteiger partial charge in [0.15, 0.2) is 0 Å². The summed E-state index contributed by atoms with van der Waals surface area (Å²) in [5.74, 6) is -2.78. The van der Waals surface area contributed by atoms with Crippen LogP contribution in [0.4, 0.5) is 15.3 Å². The Morgan fingerprint density at radius 1 is 1.25 bits per heavy atom. The third-order valence-corrected chi connectivity index (χ3v) is 6.03. The van der Waals surface area contributed by atoms with Crippen LogP contribution in [-0.2, 0) is 30.4 Å². The number of carboxylic acids is 1. The van der Waals surface area contributed by atoms with Gasteiger partial charge >= 0.3 is 18.2 Å². The average Bonchev–Trinajstić information content (AvgIpc) is 3.05. The maximum atomic E-state index is 12.5. The Morgan fingerprint density at radius 3 is 2.47 bits per heavy atom. The van der Waals surface area contributed by atoms with E-state index in [1.165, 1.54) is 31.2 Å². The number of primary amides is 1. The van der Waals surface area contributed by atoms with Crippen molar-refractivity contribution in [3.05, 3.63) is 50.5 Å². The molecule has 2 amide bonds. The van der Waals surface area contributed by atoms with Gasteiger partial charge in [0.2, 0.25) is 5.91 Å². The Balaban J connectivity index is 1.56. The van der Waals surface area contributed by atoms with E-state index >= 15 is 0 Å². The zero-order valence-corrected chi connectivity index (χ0v) is 17.3. The van der Waals surface area contributed by atoms with Crippen molar-refractivity contribution in [1.82, 2.24) is 4.90 Å². The molecule has 0 bridgehead atoms. The molecule has 0 aliphatic carbocycles. The average molecular weight is 467 g/mol. The zero-order valence-electron chi connectivity index (χ0n) is 16.5. The van der Waals surface area contributed by atoms with Crippen LogP contribution in [0.2, 0.25) is 0 Å². The second kappa shape index (κ2) is 9.13. The topological polar surface area (TPSA) is 189 Å². The Morgan fingerprint density at radius 2 is 1.91 bits per heavy atom. The van der Waals surface area contributed by atoms with Crippen molar-refractivity contribution in [3.63, 3.8) is 0 Å². The minimum atomic E-state index is -1.37. The lowest BCUT2D eigenvalue weighted by Gasteiger charge is -2.44. The second-order valence-electron chi connectivity index (χ2n) is 6.71. The van der Waals surface area contributed by atoms with Gasteiger partial charge in [-0.15, -0.1) is 0 Å². The molecule has 2 heterocycles. The van der Waals surface area contributed by atoms with E-state index in [2.05, 4.69) is 4.74 Å². The van der Waals surface area contributed by atoms with Gasteiger partial charge < -0.3 is 25.1 Å². The standard InChI is InChI=1S/C18H17N3O10S/c1-8(31-18(26)30-6-9-2-4-10(5-3-9)21(27)28)12-14(22)20-13(16(23)24)11(32-15(12)20)7-29-17(19)25/h2-5,8,12,15H,6-7H2,1H3,(H2,19,25)(H,23,24)/t8-,12+,15-/m1/s1. The number of nitrogens with two attached hydrogens (primary N) is 1. The zero-order chi connectivity index (χ0) is 23.6. The molecule has 0 radical (unpaired) electrons. The molecule has 3 N–H and O–H groups in total. The van der Waals surface area contributed by atoms with E-state index in [9.17, 15) is 34.4 Å². The third-order valence-electron chi connectivity index (χ3n) is 4.69. The highest BCUT2D eigenvalue weighted by molar-refractivity contribution is 8.04. The first-order valence-corrected chi connectivity index (χ1v) is 9.93. The molecule has 3 atom stereocenters. The van der Waals surface area contributed by atoms with Crippen LogP contribution >= 0.6 is 11.8 Å². The number of benzene rings is 1. The van der Waals surface area contributed by atoms with Gasteiger partial charge in [-0.3, -0.25) is 19.8 Å². The SMILES string of the molecule is C[C@@H](OC(=O)OCc1ccc([N+](=O)[O-])cc1)[C@H]1C(=O)N2C(C(=O)O)=C(COC(N)=O)S[C@H]12. The van der Waals surface area contributed by atoms with Crippen molar-refractivity contribution in [2.75, 3.05) is 6.61 Å². The van der Waals surface area contributed by atoms with Gasteiger partial charge in [-0.2, -0.15) is 0 Å². The van der Waals surface area contributed by atoms with Gasteiger partial charge in [-0.25, -0.2) is 14.4 Å². The molecule has 3 rings (SSSR count). The predicted octanol–water partition coefficient (Wildman–Crippen LogP) is 1.56. The maximum Gasteiger partial charge on any atom is 0.508 e. The van der Waals surface area contributed by atoms with Crippen LogP contribution in [0.5, 0.6) is 0 Å². The number of nitro benzene ring substituents is 1. The number of ether oxygens (including phenoxy) is 3.